The number of benzene rings is 1. The zero-order chi connectivity index (χ0) is 20.2. The number of hydrogen-bond donors (Lipinski definition) is 0. The van der Waals surface area contributed by atoms with Crippen LogP contribution in [0.4, 0.5) is 0 Å². The number of halogens is 1. The molecule has 1 spiro atoms. The second-order valence-electron chi connectivity index (χ2n) is 7.89. The van der Waals surface area contributed by atoms with Crippen LogP contribution >= 0.6 is 11.6 Å². The number of hydrogen-bond acceptors (Lipinski definition) is 5. The van der Waals surface area contributed by atoms with E-state index in [2.05, 4.69) is 4.98 Å². The monoisotopic (exact) mass is 433 g/mol. The summed E-state index contributed by atoms with van der Waals surface area (Å²) in [5, 5.41) is -0.0602. The number of likely N-dealkylation sites (tertiary alicyclic amines) is 1. The largest absolute Gasteiger partial charge is 0.365 e. The van der Waals surface area contributed by atoms with Crippen LogP contribution in [0.25, 0.3) is 0 Å². The van der Waals surface area contributed by atoms with E-state index >= 15 is 0 Å². The molecule has 0 radical (unpaired) electrons. The summed E-state index contributed by atoms with van der Waals surface area (Å²) in [5.41, 5.74) is 0.489. The Balaban J connectivity index is 1.41. The number of ether oxygens (including phenoxy) is 1. The first-order valence-electron chi connectivity index (χ1n) is 9.48. The van der Waals surface area contributed by atoms with Crippen LogP contribution in [0.5, 0.6) is 0 Å². The van der Waals surface area contributed by atoms with Crippen LogP contribution in [0.3, 0.4) is 0 Å². The summed E-state index contributed by atoms with van der Waals surface area (Å²) in [6.07, 6.45) is 3.31. The minimum atomic E-state index is -3.54. The van der Waals surface area contributed by atoms with Crippen LogP contribution in [-0.2, 0) is 21.3 Å². The molecule has 0 unspecified atom stereocenters. The van der Waals surface area contributed by atoms with Gasteiger partial charge in [0.1, 0.15) is 10.9 Å². The van der Waals surface area contributed by atoms with Gasteiger partial charge in [-0.15, -0.1) is 0 Å². The van der Waals surface area contributed by atoms with Gasteiger partial charge in [-0.3, -0.25) is 9.78 Å². The van der Waals surface area contributed by atoms with Crippen LogP contribution in [0.15, 0.2) is 48.8 Å². The molecular weight excluding hydrogens is 414 g/mol. The first kappa shape index (κ1) is 19.0. The Morgan fingerprint density at radius 1 is 1.24 bits per heavy atom. The molecule has 0 saturated carbocycles. The Hall–Kier alpha value is -2.00. The lowest BCUT2D eigenvalue weighted by atomic mass is 9.99. The van der Waals surface area contributed by atoms with Gasteiger partial charge >= 0.3 is 0 Å². The number of aromatic nitrogens is 1. The van der Waals surface area contributed by atoms with E-state index in [4.69, 9.17) is 16.3 Å². The number of nitrogens with zero attached hydrogens (tertiary/aromatic N) is 3. The summed E-state index contributed by atoms with van der Waals surface area (Å²) >= 11 is 6.05. The van der Waals surface area contributed by atoms with Gasteiger partial charge in [0, 0.05) is 42.6 Å². The van der Waals surface area contributed by atoms with Gasteiger partial charge in [-0.1, -0.05) is 23.7 Å². The number of fused-ring (bicyclic) bond motifs is 1. The van der Waals surface area contributed by atoms with Crippen molar-refractivity contribution in [2.45, 2.75) is 29.9 Å². The molecule has 1 aromatic heterocycles. The molecule has 4 heterocycles. The molecule has 2 aromatic rings. The fourth-order valence-electron chi connectivity index (χ4n) is 4.76. The highest BCUT2D eigenvalue weighted by Gasteiger charge is 2.65. The van der Waals surface area contributed by atoms with Gasteiger partial charge in [0.05, 0.1) is 12.6 Å². The second-order valence-corrected chi connectivity index (χ2v) is 10.4. The van der Waals surface area contributed by atoms with Crippen LogP contribution in [0.2, 0.25) is 5.02 Å². The molecule has 29 heavy (non-hydrogen) atoms. The molecule has 0 N–H and O–H groups in total. The Kier molecular flexibility index (Phi) is 4.43. The average Bonchev–Trinajstić information content (AvgIpc) is 3.07. The smallest absolute Gasteiger partial charge is 0.254 e. The Morgan fingerprint density at radius 2 is 2.03 bits per heavy atom. The lowest BCUT2D eigenvalue weighted by Crippen LogP contribution is -2.56. The van der Waals surface area contributed by atoms with Gasteiger partial charge in [0.2, 0.25) is 10.0 Å². The van der Waals surface area contributed by atoms with Crippen LogP contribution < -0.4 is 0 Å². The molecule has 0 aliphatic carbocycles. The SMILES string of the molecule is O=C(c1ccncc1)N1C[C@@H]2C[C@@H]3[C@@](C1)(CN(Cc1cccc(Cl)c1)S3(=O)=O)O2. The van der Waals surface area contributed by atoms with Crippen molar-refractivity contribution < 1.29 is 17.9 Å². The summed E-state index contributed by atoms with van der Waals surface area (Å²) in [5.74, 6) is -0.119. The summed E-state index contributed by atoms with van der Waals surface area (Å²) in [6.45, 7) is 1.15. The Morgan fingerprint density at radius 3 is 2.79 bits per heavy atom. The van der Waals surface area contributed by atoms with E-state index in [1.807, 2.05) is 12.1 Å². The van der Waals surface area contributed by atoms with Gasteiger partial charge in [-0.2, -0.15) is 4.31 Å². The van der Waals surface area contributed by atoms with Crippen molar-refractivity contribution in [1.82, 2.24) is 14.2 Å². The molecule has 7 nitrogen and oxygen atoms in total. The van der Waals surface area contributed by atoms with Crippen LogP contribution in [0.1, 0.15) is 22.3 Å². The van der Waals surface area contributed by atoms with Gasteiger partial charge in [-0.25, -0.2) is 8.42 Å². The zero-order valence-corrected chi connectivity index (χ0v) is 17.1. The fourth-order valence-corrected chi connectivity index (χ4v) is 7.27. The van der Waals surface area contributed by atoms with Crippen molar-refractivity contribution in [2.24, 2.45) is 0 Å². The number of carbonyl (C=O) groups is 1. The Bertz CT molecular complexity index is 1060. The number of rotatable bonds is 3. The van der Waals surface area contributed by atoms with Gasteiger partial charge < -0.3 is 9.64 Å². The third-order valence-electron chi connectivity index (χ3n) is 5.97. The maximum absolute atomic E-state index is 13.2. The molecule has 1 aromatic carbocycles. The van der Waals surface area contributed by atoms with Crippen LogP contribution in [0, 0.1) is 0 Å². The number of morpholine rings is 1. The quantitative estimate of drug-likeness (QED) is 0.739. The molecule has 3 saturated heterocycles. The van der Waals surface area contributed by atoms with Crippen molar-refractivity contribution in [3.05, 3.63) is 64.9 Å². The van der Waals surface area contributed by atoms with Crippen molar-refractivity contribution in [2.75, 3.05) is 19.6 Å². The maximum Gasteiger partial charge on any atom is 0.254 e. The molecule has 152 valence electrons. The highest BCUT2D eigenvalue weighted by molar-refractivity contribution is 7.90. The number of amides is 1. The van der Waals surface area contributed by atoms with Gasteiger partial charge in [0.25, 0.3) is 5.91 Å². The summed E-state index contributed by atoms with van der Waals surface area (Å²) in [6, 6.07) is 10.5. The third kappa shape index (κ3) is 3.15. The van der Waals surface area contributed by atoms with Gasteiger partial charge in [0.15, 0.2) is 0 Å². The highest BCUT2D eigenvalue weighted by Crippen LogP contribution is 2.47. The summed E-state index contributed by atoms with van der Waals surface area (Å²) in [7, 11) is -3.54. The second kappa shape index (κ2) is 6.77. The van der Waals surface area contributed by atoms with Crippen molar-refractivity contribution >= 4 is 27.5 Å². The minimum absolute atomic E-state index is 0.119. The number of sulfonamides is 1. The lowest BCUT2D eigenvalue weighted by Gasteiger charge is -2.39. The van der Waals surface area contributed by atoms with Crippen molar-refractivity contribution in [3.63, 3.8) is 0 Å². The first-order chi connectivity index (χ1) is 13.9. The standard InChI is InChI=1S/C20H20ClN3O4S/c21-16-3-1-2-14(8-16)10-24-13-20-12-23(19(25)15-4-6-22-7-5-15)11-17(28-20)9-18(20)29(24,26)27/h1-8,17-18H,9-13H2/t17-,18+,20+/m0/s1. The van der Waals surface area contributed by atoms with E-state index in [-0.39, 0.29) is 31.6 Å². The topological polar surface area (TPSA) is 79.8 Å². The zero-order valence-electron chi connectivity index (χ0n) is 15.6. The molecule has 3 aliphatic heterocycles. The third-order valence-corrected chi connectivity index (χ3v) is 8.53. The van der Waals surface area contributed by atoms with Crippen molar-refractivity contribution in [3.8, 4) is 0 Å². The van der Waals surface area contributed by atoms with E-state index in [0.717, 1.165) is 5.56 Å². The maximum atomic E-state index is 13.2. The van der Waals surface area contributed by atoms with E-state index in [1.54, 1.807) is 41.6 Å². The lowest BCUT2D eigenvalue weighted by molar-refractivity contribution is -0.0980. The molecule has 3 atom stereocenters. The summed E-state index contributed by atoms with van der Waals surface area (Å²) < 4.78 is 34.2. The van der Waals surface area contributed by atoms with E-state index in [0.29, 0.717) is 23.6 Å². The average molecular weight is 434 g/mol. The predicted octanol–water partition coefficient (Wildman–Crippen LogP) is 1.93. The molecular formula is C20H20ClN3O4S. The fraction of sp³-hybridized carbons (Fsp3) is 0.400. The van der Waals surface area contributed by atoms with Crippen molar-refractivity contribution in [1.29, 1.82) is 0 Å². The van der Waals surface area contributed by atoms with E-state index in [1.165, 1.54) is 4.31 Å². The molecule has 2 bridgehead atoms. The minimum Gasteiger partial charge on any atom is -0.365 e. The van der Waals surface area contributed by atoms with E-state index in [9.17, 15) is 13.2 Å². The first-order valence-corrected chi connectivity index (χ1v) is 11.4. The number of carbonyl (C=O) groups excluding carboxylic acids is 1. The predicted molar refractivity (Wildman–Crippen MR) is 107 cm³/mol. The Labute approximate surface area is 174 Å². The molecule has 1 amide bonds. The normalized spacial score (nSPS) is 30.3. The molecule has 9 heteroatoms. The summed E-state index contributed by atoms with van der Waals surface area (Å²) in [4.78, 5) is 18.6. The van der Waals surface area contributed by atoms with E-state index < -0.39 is 20.9 Å². The molecule has 3 fully saturated rings. The van der Waals surface area contributed by atoms with Gasteiger partial charge in [-0.05, 0) is 36.2 Å². The molecule has 5 rings (SSSR count). The van der Waals surface area contributed by atoms with Crippen LogP contribution in [-0.4, -0.2) is 65.1 Å². The highest BCUT2D eigenvalue weighted by atomic mass is 35.5. The number of pyridine rings is 1. The molecule has 3 aliphatic rings.